The van der Waals surface area contributed by atoms with Crippen molar-refractivity contribution in [2.24, 2.45) is 7.05 Å². The van der Waals surface area contributed by atoms with Gasteiger partial charge in [0.15, 0.2) is 5.82 Å². The van der Waals surface area contributed by atoms with Gasteiger partial charge in [-0.3, -0.25) is 9.48 Å². The molecule has 1 aliphatic heterocycles. The van der Waals surface area contributed by atoms with Crippen molar-refractivity contribution in [2.75, 3.05) is 0 Å². The van der Waals surface area contributed by atoms with Crippen LogP contribution in [-0.4, -0.2) is 41.5 Å². The lowest BCUT2D eigenvalue weighted by atomic mass is 10.1. The molecule has 1 atom stereocenters. The van der Waals surface area contributed by atoms with Crippen LogP contribution in [0.2, 0.25) is 0 Å². The van der Waals surface area contributed by atoms with Crippen LogP contribution in [0, 0.1) is 0 Å². The van der Waals surface area contributed by atoms with Crippen LogP contribution in [0.3, 0.4) is 0 Å². The van der Waals surface area contributed by atoms with Gasteiger partial charge in [0, 0.05) is 44.1 Å². The fourth-order valence-electron chi connectivity index (χ4n) is 3.91. The molecular formula is C22H23N7OS. The minimum absolute atomic E-state index is 0.0789. The van der Waals surface area contributed by atoms with Crippen molar-refractivity contribution in [1.82, 2.24) is 34.8 Å². The Bertz CT molecular complexity index is 1190. The summed E-state index contributed by atoms with van der Waals surface area (Å²) >= 11 is 1.53. The topological polar surface area (TPSA) is 90.5 Å². The van der Waals surface area contributed by atoms with Gasteiger partial charge in [-0.1, -0.05) is 30.3 Å². The molecule has 1 aliphatic rings. The molecule has 0 saturated heterocycles. The van der Waals surface area contributed by atoms with E-state index in [9.17, 15) is 4.79 Å². The second kappa shape index (κ2) is 8.43. The maximum Gasteiger partial charge on any atom is 0.270 e. The molecule has 3 aromatic heterocycles. The molecular weight excluding hydrogens is 410 g/mol. The Kier molecular flexibility index (Phi) is 5.33. The van der Waals surface area contributed by atoms with Crippen LogP contribution < -0.4 is 5.32 Å². The molecule has 5 rings (SSSR count). The quantitative estimate of drug-likeness (QED) is 0.523. The van der Waals surface area contributed by atoms with Crippen LogP contribution in [0.25, 0.3) is 11.4 Å². The predicted molar refractivity (Wildman–Crippen MR) is 118 cm³/mol. The number of carbonyl (C=O) groups is 1. The predicted octanol–water partition coefficient (Wildman–Crippen LogP) is 2.86. The van der Waals surface area contributed by atoms with Gasteiger partial charge in [0.25, 0.3) is 5.91 Å². The van der Waals surface area contributed by atoms with E-state index in [0.717, 1.165) is 54.4 Å². The van der Waals surface area contributed by atoms with E-state index in [1.165, 1.54) is 16.9 Å². The Labute approximate surface area is 184 Å². The molecule has 0 radical (unpaired) electrons. The van der Waals surface area contributed by atoms with Crippen LogP contribution >= 0.6 is 11.3 Å². The molecule has 0 saturated carbocycles. The Morgan fingerprint density at radius 1 is 1.23 bits per heavy atom. The van der Waals surface area contributed by atoms with Gasteiger partial charge in [-0.25, -0.2) is 4.98 Å². The number of nitrogens with one attached hydrogen (secondary N) is 1. The molecule has 0 bridgehead atoms. The highest BCUT2D eigenvalue weighted by Crippen LogP contribution is 2.23. The van der Waals surface area contributed by atoms with Crippen LogP contribution in [0.15, 0.2) is 48.1 Å². The summed E-state index contributed by atoms with van der Waals surface area (Å²) in [4.78, 5) is 17.3. The fraction of sp³-hybridized carbons (Fsp3) is 0.318. The van der Waals surface area contributed by atoms with Gasteiger partial charge in [0.2, 0.25) is 0 Å². The van der Waals surface area contributed by atoms with Crippen LogP contribution in [0.4, 0.5) is 0 Å². The average Bonchev–Trinajstić information content (AvgIpc) is 3.48. The lowest BCUT2D eigenvalue weighted by molar-refractivity contribution is 0.0928. The maximum absolute atomic E-state index is 12.8. The normalized spacial score (nSPS) is 16.0. The molecule has 9 heteroatoms. The Morgan fingerprint density at radius 2 is 2.10 bits per heavy atom. The highest BCUT2D eigenvalue weighted by atomic mass is 32.1. The first-order valence-corrected chi connectivity index (χ1v) is 11.2. The number of nitrogens with zero attached hydrogens (tertiary/aromatic N) is 6. The average molecular weight is 434 g/mol. The molecule has 0 aliphatic carbocycles. The van der Waals surface area contributed by atoms with E-state index >= 15 is 0 Å². The number of amides is 1. The molecule has 0 spiro atoms. The van der Waals surface area contributed by atoms with E-state index < -0.39 is 0 Å². The molecule has 4 heterocycles. The van der Waals surface area contributed by atoms with Gasteiger partial charge < -0.3 is 9.88 Å². The first-order chi connectivity index (χ1) is 15.2. The smallest absolute Gasteiger partial charge is 0.270 e. The maximum atomic E-state index is 12.8. The third kappa shape index (κ3) is 4.27. The number of thiazole rings is 1. The molecule has 1 aromatic carbocycles. The van der Waals surface area contributed by atoms with Gasteiger partial charge in [0.1, 0.15) is 11.5 Å². The SMILES string of the molecule is Cn1cc(-c2nnc3n2CCC(NC(=O)c2csc(Cc4ccccc4)n2)CC3)cn1. The zero-order valence-corrected chi connectivity index (χ0v) is 18.0. The van der Waals surface area contributed by atoms with Gasteiger partial charge in [0.05, 0.1) is 16.8 Å². The van der Waals surface area contributed by atoms with E-state index in [4.69, 9.17) is 0 Å². The number of aromatic nitrogens is 6. The largest absolute Gasteiger partial charge is 0.348 e. The summed E-state index contributed by atoms with van der Waals surface area (Å²) in [6, 6.07) is 10.3. The zero-order valence-electron chi connectivity index (χ0n) is 17.2. The number of fused-ring (bicyclic) bond motifs is 1. The highest BCUT2D eigenvalue weighted by Gasteiger charge is 2.23. The number of hydrogen-bond acceptors (Lipinski definition) is 6. The highest BCUT2D eigenvalue weighted by molar-refractivity contribution is 7.09. The van der Waals surface area contributed by atoms with Crippen molar-refractivity contribution in [2.45, 2.75) is 38.3 Å². The molecule has 1 amide bonds. The van der Waals surface area contributed by atoms with Crippen LogP contribution in [-0.2, 0) is 26.4 Å². The minimum atomic E-state index is -0.106. The van der Waals surface area contributed by atoms with Gasteiger partial charge >= 0.3 is 0 Å². The van der Waals surface area contributed by atoms with Crippen molar-refractivity contribution in [3.63, 3.8) is 0 Å². The first kappa shape index (κ1) is 19.6. The summed E-state index contributed by atoms with van der Waals surface area (Å²) in [6.45, 7) is 0.758. The molecule has 31 heavy (non-hydrogen) atoms. The first-order valence-electron chi connectivity index (χ1n) is 10.4. The summed E-state index contributed by atoms with van der Waals surface area (Å²) in [5.41, 5.74) is 2.65. The van der Waals surface area contributed by atoms with Crippen LogP contribution in [0.5, 0.6) is 0 Å². The Balaban J connectivity index is 1.22. The van der Waals surface area contributed by atoms with Crippen molar-refractivity contribution >= 4 is 17.2 Å². The molecule has 1 N–H and O–H groups in total. The second-order valence-electron chi connectivity index (χ2n) is 7.78. The standard InChI is InChI=1S/C22H23N7OS/c1-28-13-16(12-23-28)21-27-26-19-8-7-17(9-10-29(19)21)24-22(30)18-14-31-20(25-18)11-15-5-3-2-4-6-15/h2-6,12-14,17H,7-11H2,1H3,(H,24,30). The number of aryl methyl sites for hydroxylation is 2. The Morgan fingerprint density at radius 3 is 2.90 bits per heavy atom. The zero-order chi connectivity index (χ0) is 21.2. The number of carbonyl (C=O) groups excluding carboxylic acids is 1. The summed E-state index contributed by atoms with van der Waals surface area (Å²) in [7, 11) is 1.89. The van der Waals surface area contributed by atoms with Crippen molar-refractivity contribution in [3.8, 4) is 11.4 Å². The monoisotopic (exact) mass is 433 g/mol. The summed E-state index contributed by atoms with van der Waals surface area (Å²) in [5, 5.41) is 18.9. The van der Waals surface area contributed by atoms with Gasteiger partial charge in [-0.05, 0) is 18.4 Å². The lowest BCUT2D eigenvalue weighted by Crippen LogP contribution is -2.35. The lowest BCUT2D eigenvalue weighted by Gasteiger charge is -2.15. The minimum Gasteiger partial charge on any atom is -0.348 e. The number of rotatable bonds is 5. The number of benzene rings is 1. The molecule has 0 fully saturated rings. The second-order valence-corrected chi connectivity index (χ2v) is 8.72. The third-order valence-electron chi connectivity index (χ3n) is 5.53. The van der Waals surface area contributed by atoms with E-state index in [-0.39, 0.29) is 11.9 Å². The van der Waals surface area contributed by atoms with Crippen molar-refractivity contribution in [3.05, 3.63) is 70.2 Å². The fourth-order valence-corrected chi connectivity index (χ4v) is 4.72. The molecule has 158 valence electrons. The Hall–Kier alpha value is -3.33. The van der Waals surface area contributed by atoms with E-state index in [2.05, 4.69) is 42.3 Å². The molecule has 4 aromatic rings. The molecule has 1 unspecified atom stereocenters. The van der Waals surface area contributed by atoms with E-state index in [1.807, 2.05) is 36.8 Å². The van der Waals surface area contributed by atoms with Crippen molar-refractivity contribution in [1.29, 1.82) is 0 Å². The molecule has 8 nitrogen and oxygen atoms in total. The van der Waals surface area contributed by atoms with E-state index in [1.54, 1.807) is 10.9 Å². The summed E-state index contributed by atoms with van der Waals surface area (Å²) in [6.07, 6.45) is 6.92. The third-order valence-corrected chi connectivity index (χ3v) is 6.37. The van der Waals surface area contributed by atoms with Gasteiger partial charge in [-0.15, -0.1) is 21.5 Å². The van der Waals surface area contributed by atoms with Gasteiger partial charge in [-0.2, -0.15) is 5.10 Å². The van der Waals surface area contributed by atoms with Crippen molar-refractivity contribution < 1.29 is 4.79 Å². The summed E-state index contributed by atoms with van der Waals surface area (Å²) < 4.78 is 3.90. The summed E-state index contributed by atoms with van der Waals surface area (Å²) in [5.74, 6) is 1.68. The van der Waals surface area contributed by atoms with E-state index in [0.29, 0.717) is 5.69 Å². The number of hydrogen-bond donors (Lipinski definition) is 1. The van der Waals surface area contributed by atoms with Crippen LogP contribution in [0.1, 0.15) is 39.7 Å².